The fourth-order valence-corrected chi connectivity index (χ4v) is 2.47. The van der Waals surface area contributed by atoms with Gasteiger partial charge in [0, 0.05) is 18.0 Å². The van der Waals surface area contributed by atoms with Crippen LogP contribution in [0.5, 0.6) is 0 Å². The van der Waals surface area contributed by atoms with E-state index < -0.39 is 5.97 Å². The van der Waals surface area contributed by atoms with Gasteiger partial charge in [0.15, 0.2) is 5.16 Å². The van der Waals surface area contributed by atoms with Gasteiger partial charge in [0.2, 0.25) is 5.91 Å². The van der Waals surface area contributed by atoms with Gasteiger partial charge in [-0.25, -0.2) is 9.78 Å². The number of halogens is 1. The molecule has 1 heterocycles. The lowest BCUT2D eigenvalue weighted by Gasteiger charge is -2.08. The highest BCUT2D eigenvalue weighted by Gasteiger charge is 2.12. The second-order valence-electron chi connectivity index (χ2n) is 4.26. The lowest BCUT2D eigenvalue weighted by Crippen LogP contribution is -2.15. The number of nitrogens with one attached hydrogen (secondary N) is 2. The number of rotatable bonds is 5. The predicted molar refractivity (Wildman–Crippen MR) is 87.0 cm³/mol. The summed E-state index contributed by atoms with van der Waals surface area (Å²) in [7, 11) is 1.24. The molecule has 2 N–H and O–H groups in total. The van der Waals surface area contributed by atoms with Crippen LogP contribution >= 0.6 is 23.4 Å². The summed E-state index contributed by atoms with van der Waals surface area (Å²) in [4.78, 5) is 41.0. The molecule has 2 aromatic rings. The minimum atomic E-state index is -0.591. The summed E-state index contributed by atoms with van der Waals surface area (Å²) in [6.45, 7) is 0. The number of carbonyl (C=O) groups excluding carboxylic acids is 2. The molecular weight excluding hydrogens is 342 g/mol. The molecule has 2 rings (SSSR count). The van der Waals surface area contributed by atoms with Crippen molar-refractivity contribution in [3.63, 3.8) is 0 Å². The van der Waals surface area contributed by atoms with E-state index in [9.17, 15) is 14.4 Å². The summed E-state index contributed by atoms with van der Waals surface area (Å²) < 4.78 is 4.61. The largest absolute Gasteiger partial charge is 0.465 e. The van der Waals surface area contributed by atoms with Gasteiger partial charge in [-0.15, -0.1) is 0 Å². The van der Waals surface area contributed by atoms with Crippen LogP contribution in [0.15, 0.2) is 40.4 Å². The van der Waals surface area contributed by atoms with Gasteiger partial charge in [-0.05, 0) is 18.2 Å². The molecule has 0 saturated heterocycles. The SMILES string of the molecule is COC(=O)c1cc(NC(=O)CSc2nccc(=O)[nH]2)ccc1Cl. The predicted octanol–water partition coefficient (Wildman–Crippen LogP) is 1.94. The monoisotopic (exact) mass is 353 g/mol. The van der Waals surface area contributed by atoms with Crippen LogP contribution in [0.2, 0.25) is 5.02 Å². The van der Waals surface area contributed by atoms with E-state index in [4.69, 9.17) is 11.6 Å². The van der Waals surface area contributed by atoms with Crippen molar-refractivity contribution < 1.29 is 14.3 Å². The Bertz CT molecular complexity index is 794. The van der Waals surface area contributed by atoms with Gasteiger partial charge in [-0.2, -0.15) is 0 Å². The third kappa shape index (κ3) is 4.83. The molecule has 7 nitrogen and oxygen atoms in total. The number of amides is 1. The average Bonchev–Trinajstić information content (AvgIpc) is 2.54. The van der Waals surface area contributed by atoms with Crippen molar-refractivity contribution in [3.05, 3.63) is 51.4 Å². The number of carbonyl (C=O) groups is 2. The van der Waals surface area contributed by atoms with Gasteiger partial charge in [0.1, 0.15) is 0 Å². The van der Waals surface area contributed by atoms with E-state index in [0.717, 1.165) is 11.8 Å². The molecule has 1 aromatic carbocycles. The lowest BCUT2D eigenvalue weighted by molar-refractivity contribution is -0.113. The zero-order chi connectivity index (χ0) is 16.8. The van der Waals surface area contributed by atoms with Crippen molar-refractivity contribution in [3.8, 4) is 0 Å². The number of thioether (sulfide) groups is 1. The van der Waals surface area contributed by atoms with E-state index in [1.165, 1.54) is 31.5 Å². The van der Waals surface area contributed by atoms with Gasteiger partial charge >= 0.3 is 5.97 Å². The van der Waals surface area contributed by atoms with Crippen LogP contribution in [0.4, 0.5) is 5.69 Å². The summed E-state index contributed by atoms with van der Waals surface area (Å²) in [6.07, 6.45) is 1.36. The van der Waals surface area contributed by atoms with E-state index in [2.05, 4.69) is 20.0 Å². The first-order valence-electron chi connectivity index (χ1n) is 6.35. The maximum atomic E-state index is 11.9. The molecule has 0 aliphatic carbocycles. The van der Waals surface area contributed by atoms with Crippen LogP contribution in [0.3, 0.4) is 0 Å². The van der Waals surface area contributed by atoms with Crippen LogP contribution in [-0.2, 0) is 9.53 Å². The summed E-state index contributed by atoms with van der Waals surface area (Å²) >= 11 is 6.99. The second-order valence-corrected chi connectivity index (χ2v) is 5.63. The van der Waals surface area contributed by atoms with Crippen LogP contribution in [0.25, 0.3) is 0 Å². The van der Waals surface area contributed by atoms with Crippen LogP contribution in [-0.4, -0.2) is 34.7 Å². The summed E-state index contributed by atoms with van der Waals surface area (Å²) in [5, 5.41) is 3.21. The molecular formula is C14H12ClN3O4S. The Balaban J connectivity index is 2.00. The van der Waals surface area contributed by atoms with Crippen molar-refractivity contribution in [1.29, 1.82) is 0 Å². The van der Waals surface area contributed by atoms with Gasteiger partial charge in [-0.1, -0.05) is 23.4 Å². The van der Waals surface area contributed by atoms with Crippen LogP contribution in [0.1, 0.15) is 10.4 Å². The van der Waals surface area contributed by atoms with Crippen molar-refractivity contribution >= 4 is 40.9 Å². The lowest BCUT2D eigenvalue weighted by atomic mass is 10.2. The number of esters is 1. The molecule has 0 aliphatic rings. The second kappa shape index (κ2) is 7.80. The smallest absolute Gasteiger partial charge is 0.339 e. The molecule has 0 atom stereocenters. The first kappa shape index (κ1) is 17.0. The minimum absolute atomic E-state index is 0.0448. The molecule has 0 fully saturated rings. The fraction of sp³-hybridized carbons (Fsp3) is 0.143. The quantitative estimate of drug-likeness (QED) is 0.484. The van der Waals surface area contributed by atoms with E-state index in [1.54, 1.807) is 6.07 Å². The summed E-state index contributed by atoms with van der Waals surface area (Å²) in [6, 6.07) is 5.78. The molecule has 1 amide bonds. The number of aromatic amines is 1. The Morgan fingerprint density at radius 1 is 1.39 bits per heavy atom. The molecule has 120 valence electrons. The molecule has 0 aliphatic heterocycles. The zero-order valence-corrected chi connectivity index (χ0v) is 13.5. The van der Waals surface area contributed by atoms with Gasteiger partial charge in [-0.3, -0.25) is 9.59 Å². The van der Waals surface area contributed by atoms with E-state index in [-0.39, 0.29) is 27.8 Å². The Labute approximate surface area is 140 Å². The number of hydrogen-bond donors (Lipinski definition) is 2. The molecule has 1 aromatic heterocycles. The van der Waals surface area contributed by atoms with Crippen LogP contribution < -0.4 is 10.9 Å². The Hall–Kier alpha value is -2.32. The maximum absolute atomic E-state index is 11.9. The number of nitrogens with zero attached hydrogens (tertiary/aromatic N) is 1. The highest BCUT2D eigenvalue weighted by molar-refractivity contribution is 7.99. The first-order chi connectivity index (χ1) is 11.0. The number of ether oxygens (including phenoxy) is 1. The van der Waals surface area contributed by atoms with Crippen LogP contribution in [0, 0.1) is 0 Å². The molecule has 0 unspecified atom stereocenters. The van der Waals surface area contributed by atoms with Crippen molar-refractivity contribution in [2.24, 2.45) is 0 Å². The number of benzene rings is 1. The molecule has 0 saturated carbocycles. The van der Waals surface area contributed by atoms with E-state index >= 15 is 0 Å². The third-order valence-corrected chi connectivity index (χ3v) is 3.86. The molecule has 9 heteroatoms. The zero-order valence-electron chi connectivity index (χ0n) is 12.0. The highest BCUT2D eigenvalue weighted by Crippen LogP contribution is 2.21. The third-order valence-electron chi connectivity index (χ3n) is 2.64. The number of hydrogen-bond acceptors (Lipinski definition) is 6. The Kier molecular flexibility index (Phi) is 5.78. The Morgan fingerprint density at radius 2 is 2.17 bits per heavy atom. The molecule has 0 spiro atoms. The standard InChI is InChI=1S/C14H12ClN3O4S/c1-22-13(21)9-6-8(2-3-10(9)15)17-12(20)7-23-14-16-5-4-11(19)18-14/h2-6H,7H2,1H3,(H,17,20)(H,16,18,19). The van der Waals surface area contributed by atoms with Gasteiger partial charge in [0.05, 0.1) is 23.4 Å². The van der Waals surface area contributed by atoms with Gasteiger partial charge in [0.25, 0.3) is 5.56 Å². The summed E-state index contributed by atoms with van der Waals surface area (Å²) in [5.74, 6) is -0.866. The highest BCUT2D eigenvalue weighted by atomic mass is 35.5. The average molecular weight is 354 g/mol. The van der Waals surface area contributed by atoms with Crippen molar-refractivity contribution in [2.75, 3.05) is 18.2 Å². The van der Waals surface area contributed by atoms with E-state index in [1.807, 2.05) is 0 Å². The molecule has 23 heavy (non-hydrogen) atoms. The fourth-order valence-electron chi connectivity index (χ4n) is 1.63. The van der Waals surface area contributed by atoms with Crippen molar-refractivity contribution in [2.45, 2.75) is 5.16 Å². The topological polar surface area (TPSA) is 101 Å². The number of aromatic nitrogens is 2. The first-order valence-corrected chi connectivity index (χ1v) is 7.72. The number of methoxy groups -OCH3 is 1. The maximum Gasteiger partial charge on any atom is 0.339 e. The van der Waals surface area contributed by atoms with E-state index in [0.29, 0.717) is 10.8 Å². The van der Waals surface area contributed by atoms with Crippen molar-refractivity contribution in [1.82, 2.24) is 9.97 Å². The number of anilines is 1. The molecule has 0 radical (unpaired) electrons. The Morgan fingerprint density at radius 3 is 2.87 bits per heavy atom. The minimum Gasteiger partial charge on any atom is -0.465 e. The molecule has 0 bridgehead atoms. The summed E-state index contributed by atoms with van der Waals surface area (Å²) in [5.41, 5.74) is 0.284. The normalized spacial score (nSPS) is 10.2. The number of H-pyrrole nitrogens is 1. The van der Waals surface area contributed by atoms with Gasteiger partial charge < -0.3 is 15.0 Å².